The third kappa shape index (κ3) is 7.24. The van der Waals surface area contributed by atoms with E-state index < -0.39 is 137 Å². The molecular weight excluding hydrogens is 818 g/mol. The number of hydrogen-bond acceptors (Lipinski definition) is 18. The first-order chi connectivity index (χ1) is 29.2. The number of amides is 2. The van der Waals surface area contributed by atoms with Crippen molar-refractivity contribution in [3.63, 3.8) is 0 Å². The van der Waals surface area contributed by atoms with Crippen molar-refractivity contribution in [1.82, 2.24) is 15.5 Å². The molecule has 2 aliphatic heterocycles. The quantitative estimate of drug-likeness (QED) is 0.100. The lowest BCUT2D eigenvalue weighted by Gasteiger charge is -2.47. The Kier molecular flexibility index (Phi) is 12.1. The summed E-state index contributed by atoms with van der Waals surface area (Å²) >= 11 is 0. The molecule has 20 nitrogen and oxygen atoms in total. The van der Waals surface area contributed by atoms with Gasteiger partial charge in [-0.15, -0.1) is 0 Å². The Hall–Kier alpha value is -5.26. The predicted molar refractivity (Wildman–Crippen MR) is 212 cm³/mol. The minimum atomic E-state index is -1.87. The van der Waals surface area contributed by atoms with E-state index in [0.29, 0.717) is 0 Å². The fourth-order valence-electron chi connectivity index (χ4n) is 8.68. The van der Waals surface area contributed by atoms with Gasteiger partial charge in [-0.1, -0.05) is 6.07 Å². The van der Waals surface area contributed by atoms with Gasteiger partial charge in [0.25, 0.3) is 5.91 Å². The van der Waals surface area contributed by atoms with Crippen LogP contribution in [0, 0.1) is 6.92 Å². The maximum absolute atomic E-state index is 14.2. The van der Waals surface area contributed by atoms with Gasteiger partial charge in [0, 0.05) is 42.4 Å². The second-order valence-electron chi connectivity index (χ2n) is 16.0. The zero-order valence-electron chi connectivity index (χ0n) is 34.6. The second-order valence-corrected chi connectivity index (χ2v) is 16.0. The molecule has 334 valence electrons. The van der Waals surface area contributed by atoms with Crippen LogP contribution in [-0.2, 0) is 23.7 Å². The summed E-state index contributed by atoms with van der Waals surface area (Å²) in [6.07, 6.45) is -15.4. The number of fused-ring (bicyclic) bond motifs is 5. The molecule has 62 heavy (non-hydrogen) atoms. The molecule has 10 N–H and O–H groups in total. The molecule has 2 fully saturated rings. The first kappa shape index (κ1) is 44.8. The number of ether oxygens (including phenoxy) is 5. The highest BCUT2D eigenvalue weighted by atomic mass is 16.7. The number of phenols is 3. The summed E-state index contributed by atoms with van der Waals surface area (Å²) in [5.41, 5.74) is -2.92. The first-order valence-corrected chi connectivity index (χ1v) is 19.7. The normalized spacial score (nSPS) is 29.5. The number of ketones is 2. The van der Waals surface area contributed by atoms with E-state index in [1.807, 2.05) is 0 Å². The van der Waals surface area contributed by atoms with Crippen molar-refractivity contribution < 1.29 is 83.7 Å². The number of rotatable bonds is 9. The summed E-state index contributed by atoms with van der Waals surface area (Å²) in [6.45, 7) is 4.10. The van der Waals surface area contributed by atoms with Crippen molar-refractivity contribution in [2.24, 2.45) is 0 Å². The van der Waals surface area contributed by atoms with Gasteiger partial charge in [0.1, 0.15) is 71.8 Å². The predicted octanol–water partition coefficient (Wildman–Crippen LogP) is -0.608. The highest BCUT2D eigenvalue weighted by Crippen LogP contribution is 2.57. The summed E-state index contributed by atoms with van der Waals surface area (Å²) in [7, 11) is 5.81. The number of aryl methyl sites for hydroxylation is 1. The fourth-order valence-corrected chi connectivity index (χ4v) is 8.68. The third-order valence-electron chi connectivity index (χ3n) is 11.9. The molecule has 0 spiro atoms. The number of nitrogens with one attached hydrogen (secondary N) is 2. The molecule has 0 bridgehead atoms. The molecule has 4 aliphatic rings. The average molecular weight is 868 g/mol. The Morgan fingerprint density at radius 1 is 0.839 bits per heavy atom. The van der Waals surface area contributed by atoms with Crippen LogP contribution < -0.4 is 15.4 Å². The Labute approximate surface area is 354 Å². The Bertz CT molecular complexity index is 2340. The van der Waals surface area contributed by atoms with E-state index in [-0.39, 0.29) is 44.7 Å². The van der Waals surface area contributed by atoms with Crippen molar-refractivity contribution in [2.75, 3.05) is 34.9 Å². The Morgan fingerprint density at radius 3 is 2.13 bits per heavy atom. The number of phenolic OH excluding ortho intramolecular Hbond substituents is 3. The number of aliphatic hydroxyl groups is 5. The first-order valence-electron chi connectivity index (χ1n) is 19.7. The molecule has 2 saturated heterocycles. The summed E-state index contributed by atoms with van der Waals surface area (Å²) < 4.78 is 29.1. The van der Waals surface area contributed by atoms with Crippen molar-refractivity contribution >= 4 is 23.4 Å². The van der Waals surface area contributed by atoms with Crippen molar-refractivity contribution in [1.29, 1.82) is 0 Å². The number of carbonyl (C=O) groups excluding carboxylic acids is 4. The number of aromatic hydroxyl groups is 3. The standard InChI is InChI=1S/C42H49N3O17/c1-13-8-20-26(33(52)23(13)39(56)44-14(2)40(57)45(5)6)25-18(11-19-27(34(25)53)30(49)17-9-16(58-7)10-21(46)24(17)29(19)48)31(50)37(20)61-42-36(55)38(28(43-4)15(3)60-42)62-41-35(54)32(51)22(47)12-59-41/h8-11,14-15,22,28,31-32,35-38,41-43,46-47,50-55H,12H2,1-7H3,(H,44,56). The maximum atomic E-state index is 14.2. The average Bonchev–Trinajstić information content (AvgIpc) is 3.22. The van der Waals surface area contributed by atoms with E-state index in [9.17, 15) is 60.0 Å². The molecule has 7 rings (SSSR count). The number of likely N-dealkylation sites (N-methyl/N-ethyl adjacent to an activating group) is 2. The topological polar surface area (TPSA) is 304 Å². The van der Waals surface area contributed by atoms with Crippen LogP contribution in [0.3, 0.4) is 0 Å². The molecular formula is C42H49N3O17. The molecule has 12 unspecified atom stereocenters. The number of aliphatic hydroxyl groups excluding tert-OH is 5. The number of hydrogen-bond donors (Lipinski definition) is 10. The van der Waals surface area contributed by atoms with Crippen LogP contribution >= 0.6 is 0 Å². The highest BCUT2D eigenvalue weighted by Gasteiger charge is 2.51. The van der Waals surface area contributed by atoms with E-state index >= 15 is 0 Å². The van der Waals surface area contributed by atoms with Crippen LogP contribution in [0.5, 0.6) is 23.0 Å². The smallest absolute Gasteiger partial charge is 0.255 e. The lowest BCUT2D eigenvalue weighted by Crippen LogP contribution is -2.65. The molecule has 0 saturated carbocycles. The molecule has 0 aromatic heterocycles. The second kappa shape index (κ2) is 16.8. The number of nitrogens with zero attached hydrogens (tertiary/aromatic N) is 1. The molecule has 12 atom stereocenters. The van der Waals surface area contributed by atoms with Crippen molar-refractivity contribution in [3.05, 3.63) is 68.8 Å². The molecule has 3 aromatic carbocycles. The number of methoxy groups -OCH3 is 1. The fraction of sp³-hybridized carbons (Fsp3) is 0.476. The summed E-state index contributed by atoms with van der Waals surface area (Å²) in [5.74, 6) is -5.38. The van der Waals surface area contributed by atoms with E-state index in [2.05, 4.69) is 10.6 Å². The van der Waals surface area contributed by atoms with Crippen molar-refractivity contribution in [3.8, 4) is 34.1 Å². The van der Waals surface area contributed by atoms with Gasteiger partial charge in [0.15, 0.2) is 24.1 Å². The van der Waals surface area contributed by atoms with Gasteiger partial charge in [0.2, 0.25) is 5.91 Å². The summed E-state index contributed by atoms with van der Waals surface area (Å²) in [5, 5.41) is 95.7. The van der Waals surface area contributed by atoms with Gasteiger partial charge in [0.05, 0.1) is 42.6 Å². The van der Waals surface area contributed by atoms with Crippen LogP contribution in [0.2, 0.25) is 0 Å². The van der Waals surface area contributed by atoms with Gasteiger partial charge in [-0.2, -0.15) is 0 Å². The molecule has 2 amide bonds. The van der Waals surface area contributed by atoms with Gasteiger partial charge in [-0.3, -0.25) is 19.2 Å². The highest BCUT2D eigenvalue weighted by molar-refractivity contribution is 6.31. The van der Waals surface area contributed by atoms with E-state index in [0.717, 1.165) is 12.1 Å². The van der Waals surface area contributed by atoms with Crippen LogP contribution in [0.1, 0.15) is 84.9 Å². The summed E-state index contributed by atoms with van der Waals surface area (Å²) in [4.78, 5) is 56.1. The van der Waals surface area contributed by atoms with E-state index in [1.165, 1.54) is 52.1 Å². The minimum absolute atomic E-state index is 0.0313. The third-order valence-corrected chi connectivity index (χ3v) is 11.9. The van der Waals surface area contributed by atoms with Crippen molar-refractivity contribution in [2.45, 2.75) is 94.3 Å². The lowest BCUT2D eigenvalue weighted by atomic mass is 9.74. The maximum Gasteiger partial charge on any atom is 0.255 e. The van der Waals surface area contributed by atoms with Crippen LogP contribution in [0.25, 0.3) is 11.1 Å². The molecule has 2 heterocycles. The lowest BCUT2D eigenvalue weighted by molar-refractivity contribution is -0.339. The van der Waals surface area contributed by atoms with Gasteiger partial charge < -0.3 is 80.1 Å². The van der Waals surface area contributed by atoms with E-state index in [1.54, 1.807) is 14.0 Å². The summed E-state index contributed by atoms with van der Waals surface area (Å²) in [6, 6.07) is 2.94. The minimum Gasteiger partial charge on any atom is -0.507 e. The number of benzene rings is 3. The zero-order valence-corrected chi connectivity index (χ0v) is 34.6. The van der Waals surface area contributed by atoms with Gasteiger partial charge in [-0.25, -0.2) is 0 Å². The number of carbonyl (C=O) groups is 4. The molecule has 20 heteroatoms. The Morgan fingerprint density at radius 2 is 1.48 bits per heavy atom. The zero-order chi connectivity index (χ0) is 45.4. The van der Waals surface area contributed by atoms with Crippen LogP contribution in [0.4, 0.5) is 0 Å². The van der Waals surface area contributed by atoms with E-state index in [4.69, 9.17) is 23.7 Å². The monoisotopic (exact) mass is 867 g/mol. The van der Waals surface area contributed by atoms with Gasteiger partial charge >= 0.3 is 0 Å². The molecule has 2 aliphatic carbocycles. The Balaban J connectivity index is 1.37. The van der Waals surface area contributed by atoms with Crippen LogP contribution in [0.15, 0.2) is 24.3 Å². The molecule has 3 aromatic rings. The largest absolute Gasteiger partial charge is 0.507 e. The van der Waals surface area contributed by atoms with Crippen LogP contribution in [-0.4, -0.2) is 165 Å². The SMILES string of the molecule is CNC1C(C)OC(OC2c3cc(C)c(C(=O)NC(C)C(=O)N(C)C)c(O)c3-c3c(cc4c(c3O)C(=O)c3cc(OC)cc(O)c3C4=O)C2O)C(O)C1OC1OCC(O)C(O)C1O. The molecule has 0 radical (unpaired) electrons. The van der Waals surface area contributed by atoms with Gasteiger partial charge in [-0.05, 0) is 56.6 Å².